The number of aromatic nitrogens is 5. The Kier molecular flexibility index (Phi) is 6.59. The number of rotatable bonds is 6. The first-order valence-electron chi connectivity index (χ1n) is 10.8. The Balaban J connectivity index is 1.74. The molecule has 1 amide bonds. The molecule has 3 heterocycles. The number of fused-ring (bicyclic) bond motifs is 1. The van der Waals surface area contributed by atoms with E-state index in [1.807, 2.05) is 19.9 Å². The molecule has 0 aliphatic heterocycles. The highest BCUT2D eigenvalue weighted by atomic mass is 19.4. The van der Waals surface area contributed by atoms with Crippen LogP contribution < -0.4 is 5.73 Å². The number of halogens is 3. The third kappa shape index (κ3) is 5.18. The van der Waals surface area contributed by atoms with Crippen LogP contribution in [-0.4, -0.2) is 36.0 Å². The smallest absolute Gasteiger partial charge is 0.383 e. The Morgan fingerprint density at radius 1 is 1.09 bits per heavy atom. The van der Waals surface area contributed by atoms with E-state index in [0.29, 0.717) is 29.1 Å². The van der Waals surface area contributed by atoms with E-state index in [2.05, 4.69) is 25.1 Å². The first-order valence-corrected chi connectivity index (χ1v) is 10.8. The molecule has 180 valence electrons. The lowest BCUT2D eigenvalue weighted by Crippen LogP contribution is -2.35. The quantitative estimate of drug-likeness (QED) is 0.431. The Morgan fingerprint density at radius 2 is 1.83 bits per heavy atom. The van der Waals surface area contributed by atoms with Gasteiger partial charge in [0, 0.05) is 23.3 Å². The van der Waals surface area contributed by atoms with E-state index >= 15 is 0 Å². The maximum Gasteiger partial charge on any atom is 0.435 e. The van der Waals surface area contributed by atoms with Crippen molar-refractivity contribution >= 4 is 22.6 Å². The number of alkyl halides is 3. The minimum Gasteiger partial charge on any atom is -0.383 e. The number of nitrogens with two attached hydrogens (primary N) is 1. The third-order valence-electron chi connectivity index (χ3n) is 5.54. The predicted molar refractivity (Wildman–Crippen MR) is 123 cm³/mol. The van der Waals surface area contributed by atoms with Gasteiger partial charge in [0.05, 0.1) is 23.8 Å². The zero-order valence-electron chi connectivity index (χ0n) is 19.0. The van der Waals surface area contributed by atoms with Crippen molar-refractivity contribution in [3.63, 3.8) is 0 Å². The summed E-state index contributed by atoms with van der Waals surface area (Å²) in [5, 5.41) is 7.74. The number of benzene rings is 1. The Hall–Kier alpha value is -4.15. The molecule has 0 bridgehead atoms. The molecule has 0 aliphatic carbocycles. The summed E-state index contributed by atoms with van der Waals surface area (Å²) in [5.41, 5.74) is 6.79. The van der Waals surface area contributed by atoms with Gasteiger partial charge in [0.1, 0.15) is 5.82 Å². The summed E-state index contributed by atoms with van der Waals surface area (Å²) < 4.78 is 38.8. The van der Waals surface area contributed by atoms with Gasteiger partial charge in [-0.05, 0) is 61.4 Å². The summed E-state index contributed by atoms with van der Waals surface area (Å²) in [6.07, 6.45) is -0.999. The van der Waals surface area contributed by atoms with Gasteiger partial charge in [0.25, 0.3) is 5.91 Å². The SMILES string of the molecule is CC[C@H](c1ncccn1)N(Cc1ccc(C(F)(F)F)nn1)C(=O)c1ccc2nc(N)c(C)cc2c1. The molecular weight excluding hydrogens is 459 g/mol. The summed E-state index contributed by atoms with van der Waals surface area (Å²) in [6, 6.07) is 10.1. The number of hydrogen-bond acceptors (Lipinski definition) is 7. The van der Waals surface area contributed by atoms with Crippen LogP contribution in [-0.2, 0) is 12.7 Å². The summed E-state index contributed by atoms with van der Waals surface area (Å²) in [5.74, 6) is 0.461. The molecule has 1 aromatic carbocycles. The van der Waals surface area contributed by atoms with Gasteiger partial charge >= 0.3 is 6.18 Å². The van der Waals surface area contributed by atoms with E-state index in [-0.39, 0.29) is 18.1 Å². The fourth-order valence-corrected chi connectivity index (χ4v) is 3.71. The molecule has 0 fully saturated rings. The lowest BCUT2D eigenvalue weighted by atomic mass is 10.1. The van der Waals surface area contributed by atoms with E-state index in [9.17, 15) is 18.0 Å². The number of hydrogen-bond donors (Lipinski definition) is 1. The number of amides is 1. The zero-order valence-corrected chi connectivity index (χ0v) is 19.0. The lowest BCUT2D eigenvalue weighted by Gasteiger charge is -2.30. The third-order valence-corrected chi connectivity index (χ3v) is 5.54. The van der Waals surface area contributed by atoms with Crippen LogP contribution >= 0.6 is 0 Å². The van der Waals surface area contributed by atoms with Crippen molar-refractivity contribution in [2.45, 2.75) is 39.0 Å². The van der Waals surface area contributed by atoms with E-state index in [4.69, 9.17) is 5.73 Å². The van der Waals surface area contributed by atoms with Crippen LogP contribution in [0.15, 0.2) is 54.9 Å². The summed E-state index contributed by atoms with van der Waals surface area (Å²) in [7, 11) is 0. The van der Waals surface area contributed by atoms with Crippen molar-refractivity contribution < 1.29 is 18.0 Å². The van der Waals surface area contributed by atoms with E-state index in [1.165, 1.54) is 11.0 Å². The number of nitrogen functional groups attached to an aromatic ring is 1. The van der Waals surface area contributed by atoms with Gasteiger partial charge in [-0.25, -0.2) is 15.0 Å². The average molecular weight is 481 g/mol. The highest BCUT2D eigenvalue weighted by molar-refractivity contribution is 5.98. The lowest BCUT2D eigenvalue weighted by molar-refractivity contribution is -0.141. The molecule has 0 aliphatic rings. The van der Waals surface area contributed by atoms with Crippen LogP contribution in [0, 0.1) is 6.92 Å². The monoisotopic (exact) mass is 481 g/mol. The first-order chi connectivity index (χ1) is 16.7. The fraction of sp³-hybridized carbons (Fsp3) is 0.250. The minimum absolute atomic E-state index is 0.0855. The second kappa shape index (κ2) is 9.61. The van der Waals surface area contributed by atoms with Gasteiger partial charge in [-0.1, -0.05) is 6.92 Å². The van der Waals surface area contributed by atoms with Gasteiger partial charge in [-0.3, -0.25) is 4.79 Å². The summed E-state index contributed by atoms with van der Waals surface area (Å²) in [4.78, 5) is 28.2. The number of carbonyl (C=O) groups excluding carboxylic acids is 1. The molecular formula is C24H22F3N7O. The van der Waals surface area contributed by atoms with E-state index < -0.39 is 17.9 Å². The molecule has 0 saturated carbocycles. The Morgan fingerprint density at radius 3 is 2.46 bits per heavy atom. The second-order valence-corrected chi connectivity index (χ2v) is 7.97. The zero-order chi connectivity index (χ0) is 25.2. The van der Waals surface area contributed by atoms with Crippen molar-refractivity contribution in [3.8, 4) is 0 Å². The van der Waals surface area contributed by atoms with Crippen LogP contribution in [0.25, 0.3) is 10.9 Å². The highest BCUT2D eigenvalue weighted by Gasteiger charge is 2.33. The highest BCUT2D eigenvalue weighted by Crippen LogP contribution is 2.29. The molecule has 11 heteroatoms. The number of anilines is 1. The second-order valence-electron chi connectivity index (χ2n) is 7.97. The van der Waals surface area contributed by atoms with Gasteiger partial charge < -0.3 is 10.6 Å². The number of carbonyl (C=O) groups is 1. The molecule has 2 N–H and O–H groups in total. The first kappa shape index (κ1) is 24.0. The van der Waals surface area contributed by atoms with E-state index in [0.717, 1.165) is 17.0 Å². The van der Waals surface area contributed by atoms with Gasteiger partial charge in [0.15, 0.2) is 11.5 Å². The molecule has 3 aromatic heterocycles. The van der Waals surface area contributed by atoms with Gasteiger partial charge in [-0.15, -0.1) is 5.10 Å². The van der Waals surface area contributed by atoms with Crippen LogP contribution in [0.3, 0.4) is 0 Å². The van der Waals surface area contributed by atoms with Gasteiger partial charge in [-0.2, -0.15) is 18.3 Å². The van der Waals surface area contributed by atoms with Crippen LogP contribution in [0.5, 0.6) is 0 Å². The summed E-state index contributed by atoms with van der Waals surface area (Å²) in [6.45, 7) is 3.61. The maximum atomic E-state index is 13.7. The number of pyridine rings is 1. The van der Waals surface area contributed by atoms with Crippen LogP contribution in [0.4, 0.5) is 19.0 Å². The Bertz CT molecular complexity index is 1350. The number of aryl methyl sites for hydroxylation is 1. The molecule has 1 atom stereocenters. The largest absolute Gasteiger partial charge is 0.435 e. The predicted octanol–water partition coefficient (Wildman–Crippen LogP) is 4.52. The molecule has 0 radical (unpaired) electrons. The van der Waals surface area contributed by atoms with Crippen molar-refractivity contribution in [1.82, 2.24) is 30.0 Å². The molecule has 0 saturated heterocycles. The topological polar surface area (TPSA) is 111 Å². The van der Waals surface area contributed by atoms with Crippen LogP contribution in [0.1, 0.15) is 52.5 Å². The van der Waals surface area contributed by atoms with Crippen molar-refractivity contribution in [2.24, 2.45) is 0 Å². The molecule has 4 rings (SSSR count). The maximum absolute atomic E-state index is 13.7. The van der Waals surface area contributed by atoms with Gasteiger partial charge in [0.2, 0.25) is 0 Å². The molecule has 4 aromatic rings. The average Bonchev–Trinajstić information content (AvgIpc) is 2.84. The molecule has 8 nitrogen and oxygen atoms in total. The fourth-order valence-electron chi connectivity index (χ4n) is 3.71. The molecule has 35 heavy (non-hydrogen) atoms. The van der Waals surface area contributed by atoms with Crippen LogP contribution in [0.2, 0.25) is 0 Å². The molecule has 0 spiro atoms. The minimum atomic E-state index is -4.61. The summed E-state index contributed by atoms with van der Waals surface area (Å²) >= 11 is 0. The Labute approximate surface area is 199 Å². The standard InChI is InChI=1S/C24H22F3N7O/c1-3-19(22-29-9-4-10-30-22)34(13-17-6-8-20(33-32-17)24(25,26)27)23(35)15-5-7-18-16(12-15)11-14(2)21(28)31-18/h4-12,19H,3,13H2,1-2H3,(H2,28,31)/t19-/m1/s1. The number of nitrogens with zero attached hydrogens (tertiary/aromatic N) is 6. The van der Waals surface area contributed by atoms with Crippen molar-refractivity contribution in [1.29, 1.82) is 0 Å². The van der Waals surface area contributed by atoms with Crippen molar-refractivity contribution in [2.75, 3.05) is 5.73 Å². The van der Waals surface area contributed by atoms with Crippen molar-refractivity contribution in [3.05, 3.63) is 83.2 Å². The normalized spacial score (nSPS) is 12.5. The van der Waals surface area contributed by atoms with E-state index in [1.54, 1.807) is 36.7 Å². The molecule has 0 unspecified atom stereocenters.